The summed E-state index contributed by atoms with van der Waals surface area (Å²) in [5.74, 6) is 0.251. The van der Waals surface area contributed by atoms with Crippen molar-refractivity contribution >= 4 is 27.7 Å². The van der Waals surface area contributed by atoms with Crippen molar-refractivity contribution in [3.63, 3.8) is 0 Å². The Bertz CT molecular complexity index is 509. The Morgan fingerprint density at radius 2 is 2.37 bits per heavy atom. The Morgan fingerprint density at radius 3 is 3.21 bits per heavy atom. The van der Waals surface area contributed by atoms with E-state index in [-0.39, 0.29) is 23.9 Å². The van der Waals surface area contributed by atoms with Gasteiger partial charge in [-0.2, -0.15) is 0 Å². The van der Waals surface area contributed by atoms with E-state index in [0.29, 0.717) is 18.7 Å². The standard InChI is InChI=1S/C13H16BrN3O2/c14-8-6-9(12(15)16-7-8)13(18)17-4-5-19-11-3-1-2-10(11)17/h6-7,10-11H,1-5H2,(H2,15,16). The quantitative estimate of drug-likeness (QED) is 0.855. The van der Waals surface area contributed by atoms with Gasteiger partial charge in [-0.15, -0.1) is 0 Å². The molecule has 6 heteroatoms. The number of hydrogen-bond donors (Lipinski definition) is 1. The molecule has 2 N–H and O–H groups in total. The van der Waals surface area contributed by atoms with Crippen LogP contribution >= 0.6 is 15.9 Å². The molecule has 1 saturated carbocycles. The van der Waals surface area contributed by atoms with E-state index in [0.717, 1.165) is 23.7 Å². The third-order valence-corrected chi connectivity index (χ3v) is 4.29. The van der Waals surface area contributed by atoms with Gasteiger partial charge in [0.1, 0.15) is 5.82 Å². The second-order valence-electron chi connectivity index (χ2n) is 4.99. The molecule has 1 amide bonds. The molecule has 0 aromatic carbocycles. The molecule has 0 spiro atoms. The van der Waals surface area contributed by atoms with Crippen molar-refractivity contribution in [2.24, 2.45) is 0 Å². The molecule has 0 bridgehead atoms. The van der Waals surface area contributed by atoms with Gasteiger partial charge in [-0.25, -0.2) is 4.98 Å². The highest BCUT2D eigenvalue weighted by Gasteiger charge is 2.39. The second-order valence-corrected chi connectivity index (χ2v) is 5.91. The summed E-state index contributed by atoms with van der Waals surface area (Å²) in [4.78, 5) is 18.6. The maximum absolute atomic E-state index is 12.6. The van der Waals surface area contributed by atoms with E-state index in [9.17, 15) is 4.79 Å². The van der Waals surface area contributed by atoms with E-state index < -0.39 is 0 Å². The molecule has 2 aliphatic rings. The van der Waals surface area contributed by atoms with Crippen LogP contribution < -0.4 is 5.73 Å². The average molecular weight is 326 g/mol. The predicted octanol–water partition coefficient (Wildman–Crippen LogP) is 1.82. The SMILES string of the molecule is Nc1ncc(Br)cc1C(=O)N1CCOC2CCCC21. The maximum Gasteiger partial charge on any atom is 0.258 e. The van der Waals surface area contributed by atoms with Gasteiger partial charge in [0.05, 0.1) is 24.3 Å². The van der Waals surface area contributed by atoms with Gasteiger partial charge in [-0.1, -0.05) is 0 Å². The highest BCUT2D eigenvalue weighted by Crippen LogP contribution is 2.31. The monoisotopic (exact) mass is 325 g/mol. The summed E-state index contributed by atoms with van der Waals surface area (Å²) in [7, 11) is 0. The van der Waals surface area contributed by atoms with Gasteiger partial charge in [0.15, 0.2) is 0 Å². The number of carbonyl (C=O) groups excluding carboxylic acids is 1. The zero-order valence-electron chi connectivity index (χ0n) is 10.5. The van der Waals surface area contributed by atoms with Crippen LogP contribution in [0.2, 0.25) is 0 Å². The number of amides is 1. The van der Waals surface area contributed by atoms with Crippen molar-refractivity contribution in [1.29, 1.82) is 0 Å². The summed E-state index contributed by atoms with van der Waals surface area (Å²) >= 11 is 3.33. The number of rotatable bonds is 1. The molecule has 3 rings (SSSR count). The lowest BCUT2D eigenvalue weighted by atomic mass is 10.1. The number of pyridine rings is 1. The van der Waals surface area contributed by atoms with Gasteiger partial charge in [0.2, 0.25) is 0 Å². The van der Waals surface area contributed by atoms with E-state index in [4.69, 9.17) is 10.5 Å². The minimum Gasteiger partial charge on any atom is -0.383 e. The minimum atomic E-state index is -0.0356. The number of nitrogen functional groups attached to an aromatic ring is 1. The number of carbonyl (C=O) groups is 1. The summed E-state index contributed by atoms with van der Waals surface area (Å²) < 4.78 is 6.49. The first-order chi connectivity index (χ1) is 9.16. The van der Waals surface area contributed by atoms with Gasteiger partial charge < -0.3 is 15.4 Å². The zero-order chi connectivity index (χ0) is 13.4. The third kappa shape index (κ3) is 2.34. The zero-order valence-corrected chi connectivity index (χ0v) is 12.1. The van der Waals surface area contributed by atoms with Crippen LogP contribution in [0.25, 0.3) is 0 Å². The maximum atomic E-state index is 12.6. The Morgan fingerprint density at radius 1 is 1.53 bits per heavy atom. The highest BCUT2D eigenvalue weighted by molar-refractivity contribution is 9.10. The van der Waals surface area contributed by atoms with Crippen molar-refractivity contribution < 1.29 is 9.53 Å². The molecule has 1 aliphatic heterocycles. The largest absolute Gasteiger partial charge is 0.383 e. The minimum absolute atomic E-state index is 0.0356. The van der Waals surface area contributed by atoms with Crippen LogP contribution in [0.1, 0.15) is 29.6 Å². The second kappa shape index (κ2) is 5.09. The number of anilines is 1. The van der Waals surface area contributed by atoms with Gasteiger partial charge in [-0.3, -0.25) is 4.79 Å². The van der Waals surface area contributed by atoms with Gasteiger partial charge in [0.25, 0.3) is 5.91 Å². The topological polar surface area (TPSA) is 68.5 Å². The summed E-state index contributed by atoms with van der Waals surface area (Å²) in [5.41, 5.74) is 6.30. The molecule has 2 atom stereocenters. The van der Waals surface area contributed by atoms with Crippen molar-refractivity contribution in [1.82, 2.24) is 9.88 Å². The summed E-state index contributed by atoms with van der Waals surface area (Å²) in [5, 5.41) is 0. The van der Waals surface area contributed by atoms with Crippen molar-refractivity contribution in [3.05, 3.63) is 22.3 Å². The summed E-state index contributed by atoms with van der Waals surface area (Å²) in [6, 6.07) is 1.93. The number of aromatic nitrogens is 1. The smallest absolute Gasteiger partial charge is 0.258 e. The molecule has 5 nitrogen and oxygen atoms in total. The molecular formula is C13H16BrN3O2. The molecule has 2 fully saturated rings. The average Bonchev–Trinajstić information content (AvgIpc) is 2.89. The normalized spacial score (nSPS) is 26.3. The van der Waals surface area contributed by atoms with Crippen LogP contribution in [0.5, 0.6) is 0 Å². The lowest BCUT2D eigenvalue weighted by molar-refractivity contribution is -0.0445. The third-order valence-electron chi connectivity index (χ3n) is 3.86. The molecule has 1 aromatic rings. The number of nitrogens with two attached hydrogens (primary N) is 1. The Hall–Kier alpha value is -1.14. The van der Waals surface area contributed by atoms with Crippen molar-refractivity contribution in [2.45, 2.75) is 31.4 Å². The summed E-state index contributed by atoms with van der Waals surface area (Å²) in [6.45, 7) is 1.24. The van der Waals surface area contributed by atoms with Crippen LogP contribution in [0.4, 0.5) is 5.82 Å². The van der Waals surface area contributed by atoms with Gasteiger partial charge in [-0.05, 0) is 41.3 Å². The molecule has 2 heterocycles. The van der Waals surface area contributed by atoms with E-state index >= 15 is 0 Å². The molecule has 19 heavy (non-hydrogen) atoms. The predicted molar refractivity (Wildman–Crippen MR) is 74.8 cm³/mol. The van der Waals surface area contributed by atoms with Gasteiger partial charge >= 0.3 is 0 Å². The molecule has 1 aromatic heterocycles. The molecule has 0 radical (unpaired) electrons. The Labute approximate surface area is 120 Å². The van der Waals surface area contributed by atoms with Crippen LogP contribution in [-0.2, 0) is 4.74 Å². The lowest BCUT2D eigenvalue weighted by Gasteiger charge is -2.37. The Kier molecular flexibility index (Phi) is 3.45. The fraction of sp³-hybridized carbons (Fsp3) is 0.538. The van der Waals surface area contributed by atoms with Crippen LogP contribution in [-0.4, -0.2) is 41.1 Å². The molecule has 1 saturated heterocycles. The summed E-state index contributed by atoms with van der Waals surface area (Å²) in [6.07, 6.45) is 4.96. The highest BCUT2D eigenvalue weighted by atomic mass is 79.9. The molecule has 2 unspecified atom stereocenters. The first-order valence-corrected chi connectivity index (χ1v) is 7.29. The van der Waals surface area contributed by atoms with E-state index in [1.165, 1.54) is 0 Å². The number of hydrogen-bond acceptors (Lipinski definition) is 4. The molecular weight excluding hydrogens is 310 g/mol. The number of morpholine rings is 1. The number of nitrogens with zero attached hydrogens (tertiary/aromatic N) is 2. The Balaban J connectivity index is 1.88. The van der Waals surface area contributed by atoms with E-state index in [2.05, 4.69) is 20.9 Å². The first kappa shape index (κ1) is 12.9. The first-order valence-electron chi connectivity index (χ1n) is 6.50. The number of halogens is 1. The van der Waals surface area contributed by atoms with Crippen LogP contribution in [0, 0.1) is 0 Å². The van der Waals surface area contributed by atoms with E-state index in [1.54, 1.807) is 12.3 Å². The van der Waals surface area contributed by atoms with Crippen molar-refractivity contribution in [2.75, 3.05) is 18.9 Å². The number of fused-ring (bicyclic) bond motifs is 1. The number of ether oxygens (including phenoxy) is 1. The van der Waals surface area contributed by atoms with Crippen molar-refractivity contribution in [3.8, 4) is 0 Å². The van der Waals surface area contributed by atoms with Gasteiger partial charge in [0, 0.05) is 17.2 Å². The van der Waals surface area contributed by atoms with Crippen LogP contribution in [0.3, 0.4) is 0 Å². The molecule has 102 valence electrons. The fourth-order valence-corrected chi connectivity index (χ4v) is 3.28. The molecule has 1 aliphatic carbocycles. The van der Waals surface area contributed by atoms with Crippen LogP contribution in [0.15, 0.2) is 16.7 Å². The van der Waals surface area contributed by atoms with E-state index in [1.807, 2.05) is 4.90 Å². The lowest BCUT2D eigenvalue weighted by Crippen LogP contribution is -2.51. The fourth-order valence-electron chi connectivity index (χ4n) is 2.95.